The molecule has 190 valence electrons. The molecule has 1 unspecified atom stereocenters. The molecule has 2 aromatic carbocycles. The minimum atomic E-state index is -0.920. The van der Waals surface area contributed by atoms with Crippen LogP contribution in [0.1, 0.15) is 66.2 Å². The number of carbonyl (C=O) groups is 2. The standard InChI is InChI=1S/C28H33ClN4O3/c1-19-23(18-33(31-19)25-11-7-6-10-24(25)29)27(20-8-4-3-5-9-20)30-22-14-12-21(13-15-22)28(36)32(2)17-16-26(34)35/h6-7,10-15,18,20,27,30H,3-5,8-9,16-17H2,1-2H3,(H,34,35). The summed E-state index contributed by atoms with van der Waals surface area (Å²) in [7, 11) is 1.62. The molecule has 3 aromatic rings. The number of anilines is 1. The first-order valence-electron chi connectivity index (χ1n) is 12.5. The number of hydrogen-bond acceptors (Lipinski definition) is 4. The highest BCUT2D eigenvalue weighted by Crippen LogP contribution is 2.38. The van der Waals surface area contributed by atoms with Gasteiger partial charge >= 0.3 is 5.97 Å². The molecule has 1 aliphatic carbocycles. The summed E-state index contributed by atoms with van der Waals surface area (Å²) in [5.41, 5.74) is 4.43. The maximum Gasteiger partial charge on any atom is 0.305 e. The first-order valence-corrected chi connectivity index (χ1v) is 12.9. The molecule has 1 amide bonds. The number of carboxylic acids is 1. The van der Waals surface area contributed by atoms with E-state index in [0.717, 1.165) is 35.5 Å². The Morgan fingerprint density at radius 2 is 1.83 bits per heavy atom. The number of carbonyl (C=O) groups excluding carboxylic acids is 1. The number of amides is 1. The third kappa shape index (κ3) is 6.08. The van der Waals surface area contributed by atoms with Crippen LogP contribution in [0.3, 0.4) is 0 Å². The summed E-state index contributed by atoms with van der Waals surface area (Å²) in [6, 6.07) is 15.2. The van der Waals surface area contributed by atoms with E-state index in [1.807, 2.05) is 48.0 Å². The number of para-hydroxylation sites is 1. The normalized spacial score (nSPS) is 14.9. The van der Waals surface area contributed by atoms with E-state index in [4.69, 9.17) is 21.8 Å². The molecule has 0 spiro atoms. The van der Waals surface area contributed by atoms with Crippen molar-refractivity contribution in [1.82, 2.24) is 14.7 Å². The molecule has 1 saturated carbocycles. The number of rotatable bonds is 9. The quantitative estimate of drug-likeness (QED) is 0.364. The van der Waals surface area contributed by atoms with Gasteiger partial charge in [-0.25, -0.2) is 4.68 Å². The van der Waals surface area contributed by atoms with Crippen molar-refractivity contribution in [3.8, 4) is 5.69 Å². The topological polar surface area (TPSA) is 87.5 Å². The number of hydrogen-bond donors (Lipinski definition) is 2. The lowest BCUT2D eigenvalue weighted by Gasteiger charge is -2.31. The Balaban J connectivity index is 1.56. The largest absolute Gasteiger partial charge is 0.481 e. The molecule has 7 nitrogen and oxygen atoms in total. The van der Waals surface area contributed by atoms with E-state index < -0.39 is 5.97 Å². The molecule has 0 radical (unpaired) electrons. The van der Waals surface area contributed by atoms with Crippen molar-refractivity contribution in [2.75, 3.05) is 18.9 Å². The van der Waals surface area contributed by atoms with Gasteiger partial charge in [0.05, 0.1) is 28.9 Å². The zero-order valence-corrected chi connectivity index (χ0v) is 21.5. The molecule has 4 rings (SSSR count). The molecule has 36 heavy (non-hydrogen) atoms. The smallest absolute Gasteiger partial charge is 0.305 e. The second-order valence-corrected chi connectivity index (χ2v) is 9.94. The summed E-state index contributed by atoms with van der Waals surface area (Å²) in [4.78, 5) is 24.9. The molecule has 2 N–H and O–H groups in total. The first-order chi connectivity index (χ1) is 17.3. The first kappa shape index (κ1) is 25.8. The summed E-state index contributed by atoms with van der Waals surface area (Å²) in [6.07, 6.45) is 8.02. The minimum absolute atomic E-state index is 0.0772. The number of aromatic nitrogens is 2. The molecule has 0 bridgehead atoms. The summed E-state index contributed by atoms with van der Waals surface area (Å²) in [5.74, 6) is -0.635. The van der Waals surface area contributed by atoms with E-state index in [0.29, 0.717) is 16.5 Å². The van der Waals surface area contributed by atoms with Crippen LogP contribution in [-0.2, 0) is 4.79 Å². The summed E-state index contributed by atoms with van der Waals surface area (Å²) >= 11 is 6.44. The molecule has 1 atom stereocenters. The van der Waals surface area contributed by atoms with Gasteiger partial charge in [0.15, 0.2) is 0 Å². The van der Waals surface area contributed by atoms with Gasteiger partial charge in [0, 0.05) is 36.6 Å². The average molecular weight is 509 g/mol. The minimum Gasteiger partial charge on any atom is -0.481 e. The number of aliphatic carboxylic acids is 1. The van der Waals surface area contributed by atoms with Gasteiger partial charge in [-0.2, -0.15) is 5.10 Å². The lowest BCUT2D eigenvalue weighted by Crippen LogP contribution is -2.29. The predicted molar refractivity (Wildman–Crippen MR) is 142 cm³/mol. The molecule has 8 heteroatoms. The van der Waals surface area contributed by atoms with Crippen molar-refractivity contribution in [2.24, 2.45) is 5.92 Å². The number of aryl methyl sites for hydroxylation is 1. The molecular formula is C28H33ClN4O3. The van der Waals surface area contributed by atoms with Crippen molar-refractivity contribution in [1.29, 1.82) is 0 Å². The third-order valence-corrected chi connectivity index (χ3v) is 7.27. The van der Waals surface area contributed by atoms with Crippen LogP contribution < -0.4 is 5.32 Å². The third-order valence-electron chi connectivity index (χ3n) is 6.95. The Kier molecular flexibility index (Phi) is 8.31. The molecule has 1 aliphatic rings. The van der Waals surface area contributed by atoms with Gasteiger partial charge in [-0.15, -0.1) is 0 Å². The van der Waals surface area contributed by atoms with E-state index >= 15 is 0 Å². The SMILES string of the molecule is Cc1nn(-c2ccccc2Cl)cc1C(Nc1ccc(C(=O)N(C)CCC(=O)O)cc1)C1CCCCC1. The number of benzene rings is 2. The molecular weight excluding hydrogens is 476 g/mol. The van der Waals surface area contributed by atoms with Crippen LogP contribution in [0.15, 0.2) is 54.7 Å². The molecule has 1 heterocycles. The Hall–Kier alpha value is -3.32. The summed E-state index contributed by atoms with van der Waals surface area (Å²) in [6.45, 7) is 2.21. The van der Waals surface area contributed by atoms with Crippen LogP contribution in [0, 0.1) is 12.8 Å². The molecule has 0 aliphatic heterocycles. The van der Waals surface area contributed by atoms with Crippen LogP contribution >= 0.6 is 11.6 Å². The zero-order valence-electron chi connectivity index (χ0n) is 20.8. The van der Waals surface area contributed by atoms with Crippen LogP contribution in [0.4, 0.5) is 5.69 Å². The van der Waals surface area contributed by atoms with E-state index in [9.17, 15) is 9.59 Å². The molecule has 1 fully saturated rings. The predicted octanol–water partition coefficient (Wildman–Crippen LogP) is 6.11. The van der Waals surface area contributed by atoms with Crippen LogP contribution in [0.25, 0.3) is 5.69 Å². The molecule has 1 aromatic heterocycles. The Bertz CT molecular complexity index is 1200. The van der Waals surface area contributed by atoms with Gasteiger partial charge < -0.3 is 15.3 Å². The van der Waals surface area contributed by atoms with E-state index in [2.05, 4.69) is 11.5 Å². The fraction of sp³-hybridized carbons (Fsp3) is 0.393. The molecule has 0 saturated heterocycles. The monoisotopic (exact) mass is 508 g/mol. The van der Waals surface area contributed by atoms with Crippen LogP contribution in [0.5, 0.6) is 0 Å². The number of carboxylic acid groups (broad SMARTS) is 1. The summed E-state index contributed by atoms with van der Waals surface area (Å²) in [5, 5.41) is 18.0. The average Bonchev–Trinajstić information content (AvgIpc) is 3.27. The zero-order chi connectivity index (χ0) is 25.7. The Labute approximate surface area is 217 Å². The fourth-order valence-corrected chi connectivity index (χ4v) is 5.15. The second-order valence-electron chi connectivity index (χ2n) is 9.53. The maximum absolute atomic E-state index is 12.7. The van der Waals surface area contributed by atoms with Gasteiger partial charge in [0.1, 0.15) is 0 Å². The maximum atomic E-state index is 12.7. The Morgan fingerprint density at radius 3 is 2.50 bits per heavy atom. The van der Waals surface area contributed by atoms with Gasteiger partial charge in [0.2, 0.25) is 0 Å². The number of halogens is 1. The lowest BCUT2D eigenvalue weighted by molar-refractivity contribution is -0.137. The second kappa shape index (κ2) is 11.6. The van der Waals surface area contributed by atoms with Crippen LogP contribution in [-0.4, -0.2) is 45.3 Å². The van der Waals surface area contributed by atoms with Gasteiger partial charge in [0.25, 0.3) is 5.91 Å². The van der Waals surface area contributed by atoms with E-state index in [1.165, 1.54) is 24.2 Å². The highest BCUT2D eigenvalue weighted by Gasteiger charge is 2.28. The highest BCUT2D eigenvalue weighted by molar-refractivity contribution is 6.32. The van der Waals surface area contributed by atoms with Gasteiger partial charge in [-0.3, -0.25) is 9.59 Å². The van der Waals surface area contributed by atoms with Gasteiger partial charge in [-0.05, 0) is 62.1 Å². The highest BCUT2D eigenvalue weighted by atomic mass is 35.5. The lowest BCUT2D eigenvalue weighted by atomic mass is 9.81. The Morgan fingerprint density at radius 1 is 1.14 bits per heavy atom. The van der Waals surface area contributed by atoms with Crippen molar-refractivity contribution in [3.63, 3.8) is 0 Å². The van der Waals surface area contributed by atoms with Crippen LogP contribution in [0.2, 0.25) is 5.02 Å². The fourth-order valence-electron chi connectivity index (χ4n) is 4.93. The van der Waals surface area contributed by atoms with E-state index in [-0.39, 0.29) is 24.9 Å². The van der Waals surface area contributed by atoms with Crippen molar-refractivity contribution >= 4 is 29.2 Å². The van der Waals surface area contributed by atoms with Crippen molar-refractivity contribution < 1.29 is 14.7 Å². The number of nitrogens with zero attached hydrogens (tertiary/aromatic N) is 3. The summed E-state index contributed by atoms with van der Waals surface area (Å²) < 4.78 is 1.86. The number of nitrogens with one attached hydrogen (secondary N) is 1. The van der Waals surface area contributed by atoms with Crippen molar-refractivity contribution in [2.45, 2.75) is 51.5 Å². The van der Waals surface area contributed by atoms with E-state index in [1.54, 1.807) is 19.2 Å². The van der Waals surface area contributed by atoms with Crippen molar-refractivity contribution in [3.05, 3.63) is 76.6 Å². The van der Waals surface area contributed by atoms with Gasteiger partial charge in [-0.1, -0.05) is 43.0 Å².